The van der Waals surface area contributed by atoms with Crippen LogP contribution in [0.1, 0.15) is 44.6 Å². The third-order valence-electron chi connectivity index (χ3n) is 4.04. The average Bonchev–Trinajstić information content (AvgIpc) is 3.22. The number of carboxylic acids is 1. The van der Waals surface area contributed by atoms with E-state index >= 15 is 0 Å². The van der Waals surface area contributed by atoms with Gasteiger partial charge in [-0.1, -0.05) is 12.1 Å². The molecule has 3 nitrogen and oxygen atoms in total. The zero-order valence-corrected chi connectivity index (χ0v) is 11.8. The molecular weight excluding hydrogens is 238 g/mol. The lowest BCUT2D eigenvalue weighted by Crippen LogP contribution is -2.21. The highest BCUT2D eigenvalue weighted by Gasteiger charge is 2.33. The SMILES string of the molecule is CCN(CC)c1ccc(C(CC(=O)O)C2CC2)cc1. The number of carbonyl (C=O) groups is 1. The highest BCUT2D eigenvalue weighted by Crippen LogP contribution is 2.44. The topological polar surface area (TPSA) is 40.5 Å². The Morgan fingerprint density at radius 1 is 1.26 bits per heavy atom. The molecule has 1 N–H and O–H groups in total. The predicted molar refractivity (Wildman–Crippen MR) is 77.7 cm³/mol. The third kappa shape index (κ3) is 3.49. The van der Waals surface area contributed by atoms with Gasteiger partial charge in [-0.25, -0.2) is 0 Å². The van der Waals surface area contributed by atoms with E-state index in [1.807, 2.05) is 0 Å². The van der Waals surface area contributed by atoms with Gasteiger partial charge < -0.3 is 10.0 Å². The first-order valence-electron chi connectivity index (χ1n) is 7.22. The lowest BCUT2D eigenvalue weighted by atomic mass is 9.91. The molecule has 1 fully saturated rings. The van der Waals surface area contributed by atoms with E-state index in [-0.39, 0.29) is 12.3 Å². The van der Waals surface area contributed by atoms with Gasteiger partial charge in [-0.15, -0.1) is 0 Å². The van der Waals surface area contributed by atoms with Crippen LogP contribution in [-0.4, -0.2) is 24.2 Å². The second-order valence-electron chi connectivity index (χ2n) is 5.31. The second kappa shape index (κ2) is 6.09. The van der Waals surface area contributed by atoms with E-state index in [1.54, 1.807) is 0 Å². The minimum Gasteiger partial charge on any atom is -0.481 e. The number of benzene rings is 1. The highest BCUT2D eigenvalue weighted by molar-refractivity contribution is 5.68. The molecule has 2 rings (SSSR count). The van der Waals surface area contributed by atoms with Crippen molar-refractivity contribution in [1.82, 2.24) is 0 Å². The molecule has 19 heavy (non-hydrogen) atoms. The van der Waals surface area contributed by atoms with Gasteiger partial charge in [0.15, 0.2) is 0 Å². The summed E-state index contributed by atoms with van der Waals surface area (Å²) in [6.07, 6.45) is 2.61. The van der Waals surface area contributed by atoms with Crippen LogP contribution >= 0.6 is 0 Å². The van der Waals surface area contributed by atoms with Gasteiger partial charge in [-0.2, -0.15) is 0 Å². The van der Waals surface area contributed by atoms with E-state index in [1.165, 1.54) is 24.1 Å². The Balaban J connectivity index is 2.13. The summed E-state index contributed by atoms with van der Waals surface area (Å²) in [6, 6.07) is 8.47. The molecule has 0 bridgehead atoms. The van der Waals surface area contributed by atoms with Crippen molar-refractivity contribution >= 4 is 11.7 Å². The molecule has 1 unspecified atom stereocenters. The van der Waals surface area contributed by atoms with Gasteiger partial charge in [0, 0.05) is 18.8 Å². The smallest absolute Gasteiger partial charge is 0.303 e. The maximum absolute atomic E-state index is 11.0. The van der Waals surface area contributed by atoms with Gasteiger partial charge >= 0.3 is 5.97 Å². The molecular formula is C16H23NO2. The van der Waals surface area contributed by atoms with Crippen molar-refractivity contribution in [2.75, 3.05) is 18.0 Å². The molecule has 1 aromatic carbocycles. The number of hydrogen-bond acceptors (Lipinski definition) is 2. The second-order valence-corrected chi connectivity index (χ2v) is 5.31. The maximum atomic E-state index is 11.0. The van der Waals surface area contributed by atoms with E-state index < -0.39 is 5.97 Å². The number of hydrogen-bond donors (Lipinski definition) is 1. The van der Waals surface area contributed by atoms with Crippen molar-refractivity contribution in [3.8, 4) is 0 Å². The quantitative estimate of drug-likeness (QED) is 0.816. The van der Waals surface area contributed by atoms with Gasteiger partial charge in [0.25, 0.3) is 0 Å². The zero-order valence-electron chi connectivity index (χ0n) is 11.8. The van der Waals surface area contributed by atoms with Gasteiger partial charge in [0.1, 0.15) is 0 Å². The molecule has 0 heterocycles. The van der Waals surface area contributed by atoms with Crippen LogP contribution in [0.5, 0.6) is 0 Å². The van der Waals surface area contributed by atoms with Crippen molar-refractivity contribution in [2.24, 2.45) is 5.92 Å². The summed E-state index contributed by atoms with van der Waals surface area (Å²) < 4.78 is 0. The molecule has 3 heteroatoms. The average molecular weight is 261 g/mol. The molecule has 1 aliphatic rings. The Kier molecular flexibility index (Phi) is 4.46. The highest BCUT2D eigenvalue weighted by atomic mass is 16.4. The minimum absolute atomic E-state index is 0.197. The van der Waals surface area contributed by atoms with Crippen LogP contribution in [0.2, 0.25) is 0 Å². The van der Waals surface area contributed by atoms with Crippen molar-refractivity contribution in [2.45, 2.75) is 39.0 Å². The fraction of sp³-hybridized carbons (Fsp3) is 0.562. The van der Waals surface area contributed by atoms with E-state index in [2.05, 4.69) is 43.0 Å². The van der Waals surface area contributed by atoms with E-state index in [0.29, 0.717) is 5.92 Å². The van der Waals surface area contributed by atoms with Gasteiger partial charge in [-0.05, 0) is 56.2 Å². The summed E-state index contributed by atoms with van der Waals surface area (Å²) in [6.45, 7) is 6.29. The molecule has 0 radical (unpaired) electrons. The van der Waals surface area contributed by atoms with E-state index in [0.717, 1.165) is 13.1 Å². The van der Waals surface area contributed by atoms with Crippen LogP contribution in [-0.2, 0) is 4.79 Å². The molecule has 1 saturated carbocycles. The third-order valence-corrected chi connectivity index (χ3v) is 4.04. The van der Waals surface area contributed by atoms with Crippen LogP contribution in [0, 0.1) is 5.92 Å². The molecule has 0 spiro atoms. The first-order chi connectivity index (χ1) is 9.15. The summed E-state index contributed by atoms with van der Waals surface area (Å²) in [5.41, 5.74) is 2.40. The van der Waals surface area contributed by atoms with Gasteiger partial charge in [0.2, 0.25) is 0 Å². The van der Waals surface area contributed by atoms with Crippen molar-refractivity contribution in [1.29, 1.82) is 0 Å². The molecule has 104 valence electrons. The lowest BCUT2D eigenvalue weighted by Gasteiger charge is -2.22. The van der Waals surface area contributed by atoms with Crippen LogP contribution in [0.25, 0.3) is 0 Å². The molecule has 1 atom stereocenters. The van der Waals surface area contributed by atoms with E-state index in [4.69, 9.17) is 5.11 Å². The van der Waals surface area contributed by atoms with Gasteiger partial charge in [0.05, 0.1) is 6.42 Å². The van der Waals surface area contributed by atoms with Crippen molar-refractivity contribution in [3.63, 3.8) is 0 Å². The normalized spacial score (nSPS) is 16.1. The summed E-state index contributed by atoms with van der Waals surface area (Å²) in [7, 11) is 0. The summed E-state index contributed by atoms with van der Waals surface area (Å²) in [5, 5.41) is 9.03. The maximum Gasteiger partial charge on any atom is 0.303 e. The number of aliphatic carboxylic acids is 1. The van der Waals surface area contributed by atoms with Crippen molar-refractivity contribution in [3.05, 3.63) is 29.8 Å². The summed E-state index contributed by atoms with van der Waals surface area (Å²) in [4.78, 5) is 13.3. The molecule has 0 aliphatic heterocycles. The minimum atomic E-state index is -0.690. The fourth-order valence-corrected chi connectivity index (χ4v) is 2.76. The number of rotatable bonds is 7. The molecule has 0 aromatic heterocycles. The van der Waals surface area contributed by atoms with Crippen LogP contribution in [0.4, 0.5) is 5.69 Å². The van der Waals surface area contributed by atoms with Crippen LogP contribution in [0.3, 0.4) is 0 Å². The first-order valence-corrected chi connectivity index (χ1v) is 7.22. The predicted octanol–water partition coefficient (Wildman–Crippen LogP) is 3.50. The Labute approximate surface area is 115 Å². The summed E-state index contributed by atoms with van der Waals surface area (Å²) in [5.74, 6) is 0.0865. The largest absolute Gasteiger partial charge is 0.481 e. The molecule has 1 aliphatic carbocycles. The lowest BCUT2D eigenvalue weighted by molar-refractivity contribution is -0.137. The van der Waals surface area contributed by atoms with Crippen LogP contribution < -0.4 is 4.90 Å². The number of carboxylic acid groups (broad SMARTS) is 1. The summed E-state index contributed by atoms with van der Waals surface area (Å²) >= 11 is 0. The van der Waals surface area contributed by atoms with E-state index in [9.17, 15) is 4.79 Å². The van der Waals surface area contributed by atoms with Crippen LogP contribution in [0.15, 0.2) is 24.3 Å². The fourth-order valence-electron chi connectivity index (χ4n) is 2.76. The number of anilines is 1. The monoisotopic (exact) mass is 261 g/mol. The first kappa shape index (κ1) is 13.9. The molecule has 0 saturated heterocycles. The Bertz CT molecular complexity index is 419. The Hall–Kier alpha value is -1.51. The zero-order chi connectivity index (χ0) is 13.8. The standard InChI is InChI=1S/C16H23NO2/c1-3-17(4-2)14-9-7-13(8-10-14)15(11-16(18)19)12-5-6-12/h7-10,12,15H,3-6,11H2,1-2H3,(H,18,19). The Morgan fingerprint density at radius 3 is 2.26 bits per heavy atom. The van der Waals surface area contributed by atoms with Crippen molar-refractivity contribution < 1.29 is 9.90 Å². The Morgan fingerprint density at radius 2 is 1.84 bits per heavy atom. The molecule has 0 amide bonds. The number of nitrogens with zero attached hydrogens (tertiary/aromatic N) is 1. The van der Waals surface area contributed by atoms with Gasteiger partial charge in [-0.3, -0.25) is 4.79 Å². The molecule has 1 aromatic rings.